The molecule has 3 aliphatic rings. The van der Waals surface area contributed by atoms with E-state index in [1.54, 1.807) is 0 Å². The first-order valence-electron chi connectivity index (χ1n) is 16.9. The number of morpholine rings is 2. The van der Waals surface area contributed by atoms with Crippen molar-refractivity contribution < 1.29 is 76.9 Å². The normalized spacial score (nSPS) is 17.9. The Kier molecular flexibility index (Phi) is 22.9. The summed E-state index contributed by atoms with van der Waals surface area (Å²) < 4.78 is 37.8. The van der Waals surface area contributed by atoms with Gasteiger partial charge < -0.3 is 40.5 Å². The summed E-state index contributed by atoms with van der Waals surface area (Å²) in [6.07, 6.45) is -1.90. The number of aliphatic hydroxyl groups excluding tert-OH is 4. The number of benzene rings is 4. The van der Waals surface area contributed by atoms with Crippen LogP contribution in [-0.2, 0) is 56.4 Å². The van der Waals surface area contributed by atoms with Crippen molar-refractivity contribution in [1.29, 1.82) is 0 Å². The van der Waals surface area contributed by atoms with Crippen LogP contribution in [0.5, 0.6) is 0 Å². The molecular formula is C38H48Mo2N2O10-2. The SMILES string of the molecule is C1COCC[N-]1.C1COCC[N-]1.OC(CC(O)c1ccccc1)c1ccccc1.OC(CC(O)c1ccccc1)c1ccccc1.[O]=[Mo]1[O][Mo](=[O])[O]1. The summed E-state index contributed by atoms with van der Waals surface area (Å²) in [6, 6.07) is 37.6. The third kappa shape index (κ3) is 19.0. The molecule has 0 aliphatic carbocycles. The van der Waals surface area contributed by atoms with Crippen LogP contribution in [0.3, 0.4) is 0 Å². The number of rotatable bonds is 8. The first kappa shape index (κ1) is 43.9. The molecule has 0 amide bonds. The van der Waals surface area contributed by atoms with Crippen LogP contribution in [0, 0.1) is 0 Å². The van der Waals surface area contributed by atoms with Gasteiger partial charge in [0, 0.05) is 39.3 Å². The number of nitrogens with zero attached hydrogens (tertiary/aromatic N) is 2. The minimum atomic E-state index is -2.75. The second-order valence-corrected chi connectivity index (χ2v) is 17.9. The van der Waals surface area contributed by atoms with E-state index in [-0.39, 0.29) is 0 Å². The van der Waals surface area contributed by atoms with Crippen LogP contribution in [0.1, 0.15) is 59.5 Å². The monoisotopic (exact) mass is 888 g/mol. The van der Waals surface area contributed by atoms with Crippen molar-refractivity contribution in [1.82, 2.24) is 0 Å². The molecule has 3 saturated heterocycles. The first-order valence-corrected chi connectivity index (χ1v) is 21.8. The molecular weight excluding hydrogens is 836 g/mol. The van der Waals surface area contributed by atoms with Crippen molar-refractivity contribution in [3.05, 3.63) is 154 Å². The molecule has 52 heavy (non-hydrogen) atoms. The molecule has 4 N–H and O–H groups in total. The van der Waals surface area contributed by atoms with E-state index in [9.17, 15) is 27.2 Å². The summed E-state index contributed by atoms with van der Waals surface area (Å²) in [6.45, 7) is 6.94. The number of hydrogen-bond donors (Lipinski definition) is 4. The molecule has 3 aliphatic heterocycles. The summed E-state index contributed by atoms with van der Waals surface area (Å²) in [4.78, 5) is 0. The van der Waals surface area contributed by atoms with E-state index >= 15 is 0 Å². The van der Waals surface area contributed by atoms with E-state index in [1.165, 1.54) is 0 Å². The van der Waals surface area contributed by atoms with Gasteiger partial charge in [0.1, 0.15) is 0 Å². The number of hydrogen-bond acceptors (Lipinski definition) is 10. The van der Waals surface area contributed by atoms with E-state index in [0.717, 1.165) is 74.9 Å². The maximum absolute atomic E-state index is 9.99. The van der Waals surface area contributed by atoms with Crippen LogP contribution in [-0.4, -0.2) is 73.0 Å². The quantitative estimate of drug-likeness (QED) is 0.151. The molecule has 284 valence electrons. The molecule has 3 fully saturated rings. The van der Waals surface area contributed by atoms with Gasteiger partial charge in [-0.15, -0.1) is 26.2 Å². The van der Waals surface area contributed by atoms with E-state index < -0.39 is 60.5 Å². The van der Waals surface area contributed by atoms with Crippen molar-refractivity contribution >= 4 is 0 Å². The molecule has 0 spiro atoms. The number of ether oxygens (including phenoxy) is 2. The van der Waals surface area contributed by atoms with E-state index in [1.807, 2.05) is 121 Å². The topological polar surface area (TPSA) is 180 Å². The molecule has 12 nitrogen and oxygen atoms in total. The Bertz CT molecular complexity index is 1270. The zero-order valence-corrected chi connectivity index (χ0v) is 32.9. The van der Waals surface area contributed by atoms with E-state index in [0.29, 0.717) is 12.8 Å². The molecule has 7 rings (SSSR count). The fourth-order valence-electron chi connectivity index (χ4n) is 4.71. The Morgan fingerprint density at radius 2 is 0.673 bits per heavy atom. The third-order valence-corrected chi connectivity index (χ3v) is 15.0. The third-order valence-electron chi connectivity index (χ3n) is 7.43. The van der Waals surface area contributed by atoms with Gasteiger partial charge in [-0.3, -0.25) is 0 Å². The Balaban J connectivity index is 0.000000192. The predicted molar refractivity (Wildman–Crippen MR) is 186 cm³/mol. The van der Waals surface area contributed by atoms with E-state index in [4.69, 9.17) is 9.47 Å². The van der Waals surface area contributed by atoms with Gasteiger partial charge in [-0.25, -0.2) is 0 Å². The van der Waals surface area contributed by atoms with Crippen LogP contribution in [0.4, 0.5) is 0 Å². The van der Waals surface area contributed by atoms with Crippen LogP contribution < -0.4 is 0 Å². The predicted octanol–water partition coefficient (Wildman–Crippen LogP) is 6.09. The zero-order chi connectivity index (χ0) is 37.2. The first-order chi connectivity index (χ1) is 25.3. The van der Waals surface area contributed by atoms with Gasteiger partial charge in [-0.05, 0) is 22.3 Å². The summed E-state index contributed by atoms with van der Waals surface area (Å²) in [7, 11) is 0. The Morgan fingerprint density at radius 1 is 0.442 bits per heavy atom. The average Bonchev–Trinajstić information content (AvgIpc) is 3.21. The van der Waals surface area contributed by atoms with Crippen molar-refractivity contribution in [3.63, 3.8) is 0 Å². The Hall–Kier alpha value is -2.54. The number of aliphatic hydroxyl groups is 4. The average molecular weight is 885 g/mol. The molecule has 3 heterocycles. The summed E-state index contributed by atoms with van der Waals surface area (Å²) in [5.74, 6) is 0. The standard InChI is InChI=1S/2C15H16O2.2C4H8NO.2Mo.4O/c2*16-14(12-7-3-1-4-8-12)11-15(17)13-9-5-2-6-10-13;2*1-3-6-4-2-5-1;;;;;;/h2*1-10,14-17H,11H2;2*1-4H2;;;;;;/q;;2*-1;;;;;;. The van der Waals surface area contributed by atoms with Crippen molar-refractivity contribution in [3.8, 4) is 0 Å². The fraction of sp³-hybridized carbons (Fsp3) is 0.368. The molecule has 0 aromatic heterocycles. The maximum atomic E-state index is 9.99. The Morgan fingerprint density at radius 3 is 0.808 bits per heavy atom. The molecule has 4 aromatic rings. The van der Waals surface area contributed by atoms with Gasteiger partial charge >= 0.3 is 47.0 Å². The second-order valence-electron chi connectivity index (χ2n) is 11.3. The minimum absolute atomic E-state index is 0.314. The van der Waals surface area contributed by atoms with Gasteiger partial charge in [0.25, 0.3) is 0 Å². The molecule has 4 aromatic carbocycles. The van der Waals surface area contributed by atoms with E-state index in [2.05, 4.69) is 14.7 Å². The molecule has 0 radical (unpaired) electrons. The van der Waals surface area contributed by atoms with Crippen molar-refractivity contribution in [2.75, 3.05) is 52.6 Å². The fourth-order valence-corrected chi connectivity index (χ4v) is 7.97. The van der Waals surface area contributed by atoms with Gasteiger partial charge in [0.2, 0.25) is 0 Å². The van der Waals surface area contributed by atoms with Crippen LogP contribution in [0.15, 0.2) is 121 Å². The van der Waals surface area contributed by atoms with Crippen LogP contribution in [0.2, 0.25) is 0 Å². The van der Waals surface area contributed by atoms with Crippen LogP contribution >= 0.6 is 0 Å². The summed E-state index contributed by atoms with van der Waals surface area (Å²) >= 11 is -5.51. The Labute approximate surface area is 319 Å². The van der Waals surface area contributed by atoms with Crippen molar-refractivity contribution in [2.45, 2.75) is 37.3 Å². The zero-order valence-electron chi connectivity index (χ0n) is 28.9. The molecule has 0 bridgehead atoms. The second kappa shape index (κ2) is 27.1. The molecule has 4 atom stereocenters. The van der Waals surface area contributed by atoms with Gasteiger partial charge in [-0.1, -0.05) is 121 Å². The van der Waals surface area contributed by atoms with Gasteiger partial charge in [0.05, 0.1) is 24.4 Å². The summed E-state index contributed by atoms with van der Waals surface area (Å²) in [5, 5.41) is 48.1. The van der Waals surface area contributed by atoms with Gasteiger partial charge in [-0.2, -0.15) is 0 Å². The van der Waals surface area contributed by atoms with Crippen LogP contribution in [0.25, 0.3) is 10.6 Å². The van der Waals surface area contributed by atoms with Crippen molar-refractivity contribution in [2.24, 2.45) is 0 Å². The molecule has 0 saturated carbocycles. The van der Waals surface area contributed by atoms with Gasteiger partial charge in [0.15, 0.2) is 0 Å². The molecule has 4 unspecified atom stereocenters. The molecule has 14 heteroatoms. The summed E-state index contributed by atoms with van der Waals surface area (Å²) in [5.41, 5.74) is 3.34.